The van der Waals surface area contributed by atoms with E-state index >= 15 is 0 Å². The molecule has 180 valence electrons. The van der Waals surface area contributed by atoms with Gasteiger partial charge in [0.1, 0.15) is 11.2 Å². The third kappa shape index (κ3) is 2.95. The van der Waals surface area contributed by atoms with E-state index in [1.165, 1.54) is 41.8 Å². The second-order valence-electron chi connectivity index (χ2n) is 9.75. The maximum absolute atomic E-state index is 6.11. The summed E-state index contributed by atoms with van der Waals surface area (Å²) in [6, 6.07) is 53.1. The zero-order valence-corrected chi connectivity index (χ0v) is 21.5. The van der Waals surface area contributed by atoms with Gasteiger partial charge in [0.15, 0.2) is 0 Å². The molecule has 2 heteroatoms. The van der Waals surface area contributed by atoms with Gasteiger partial charge in [-0.3, -0.25) is 0 Å². The lowest BCUT2D eigenvalue weighted by molar-refractivity contribution is 0.669. The molecule has 0 saturated carbocycles. The lowest BCUT2D eigenvalue weighted by Crippen LogP contribution is -2.01. The molecule has 1 aliphatic rings. The Morgan fingerprint density at radius 1 is 0.395 bits per heavy atom. The van der Waals surface area contributed by atoms with E-state index in [2.05, 4.69) is 133 Å². The number of furan rings is 1. The number of para-hydroxylation sites is 1. The van der Waals surface area contributed by atoms with Gasteiger partial charge in [0.25, 0.3) is 0 Å². The van der Waals surface area contributed by atoms with Crippen LogP contribution in [0.4, 0.5) is 0 Å². The van der Waals surface area contributed by atoms with E-state index in [4.69, 9.17) is 4.42 Å². The molecule has 0 aliphatic carbocycles. The zero-order valence-electron chi connectivity index (χ0n) is 20.7. The molecule has 0 N–H and O–H groups in total. The average Bonchev–Trinajstić information content (AvgIpc) is 3.51. The predicted octanol–water partition coefficient (Wildman–Crippen LogP) is 10.6. The summed E-state index contributed by atoms with van der Waals surface area (Å²) in [5.41, 5.74) is 6.97. The normalized spacial score (nSPS) is 14.3. The molecule has 0 atom stereocenters. The van der Waals surface area contributed by atoms with Gasteiger partial charge in [0.05, 0.1) is 0 Å². The monoisotopic (exact) mass is 504 g/mol. The van der Waals surface area contributed by atoms with Gasteiger partial charge >= 0.3 is 0 Å². The number of hydrogen-bond acceptors (Lipinski definition) is 1. The molecular formula is C36H24OS. The van der Waals surface area contributed by atoms with Crippen molar-refractivity contribution < 1.29 is 4.42 Å². The Balaban J connectivity index is 1.43. The van der Waals surface area contributed by atoms with Gasteiger partial charge in [-0.1, -0.05) is 91.0 Å². The fourth-order valence-corrected chi connectivity index (χ4v) is 10.3. The minimum atomic E-state index is -1.65. The minimum Gasteiger partial charge on any atom is -0.456 e. The third-order valence-corrected chi connectivity index (χ3v) is 11.7. The molecule has 38 heavy (non-hydrogen) atoms. The molecule has 6 aromatic carbocycles. The van der Waals surface area contributed by atoms with Crippen molar-refractivity contribution in [3.63, 3.8) is 0 Å². The van der Waals surface area contributed by atoms with E-state index in [-0.39, 0.29) is 0 Å². The Hall–Kier alpha value is -4.53. The predicted molar refractivity (Wildman–Crippen MR) is 158 cm³/mol. The Kier molecular flexibility index (Phi) is 4.67. The first-order valence-electron chi connectivity index (χ1n) is 12.9. The van der Waals surface area contributed by atoms with Crippen LogP contribution in [0.1, 0.15) is 0 Å². The van der Waals surface area contributed by atoms with Gasteiger partial charge in [0, 0.05) is 30.4 Å². The molecule has 0 spiro atoms. The summed E-state index contributed by atoms with van der Waals surface area (Å²) < 4.78 is 6.11. The molecule has 0 saturated heterocycles. The summed E-state index contributed by atoms with van der Waals surface area (Å²) in [4.78, 5) is 5.56. The second-order valence-corrected chi connectivity index (χ2v) is 12.8. The lowest BCUT2D eigenvalue weighted by Gasteiger charge is -2.39. The van der Waals surface area contributed by atoms with Crippen LogP contribution in [-0.2, 0) is 0 Å². The maximum Gasteiger partial charge on any atom is 0.135 e. The van der Waals surface area contributed by atoms with E-state index < -0.39 is 10.0 Å². The van der Waals surface area contributed by atoms with Crippen LogP contribution in [0.15, 0.2) is 170 Å². The Bertz CT molecular complexity index is 1930. The van der Waals surface area contributed by atoms with Crippen molar-refractivity contribution in [3.8, 4) is 22.3 Å². The summed E-state index contributed by atoms with van der Waals surface area (Å²) in [5.74, 6) is 0. The molecule has 1 aromatic heterocycles. The summed E-state index contributed by atoms with van der Waals surface area (Å²) in [7, 11) is -1.65. The first-order valence-corrected chi connectivity index (χ1v) is 14.6. The van der Waals surface area contributed by atoms with Crippen LogP contribution in [0.25, 0.3) is 44.2 Å². The van der Waals surface area contributed by atoms with Gasteiger partial charge in [-0.2, -0.15) is 0 Å². The van der Waals surface area contributed by atoms with E-state index in [9.17, 15) is 0 Å². The highest BCUT2D eigenvalue weighted by Gasteiger charge is 2.41. The molecule has 0 unspecified atom stereocenters. The van der Waals surface area contributed by atoms with Gasteiger partial charge in [-0.05, 0) is 76.9 Å². The van der Waals surface area contributed by atoms with E-state index in [1.54, 1.807) is 0 Å². The zero-order chi connectivity index (χ0) is 25.1. The SMILES string of the molecule is c1ccc(S2(c3ccccc3)c3ccccc3-c3ccc(-c4ccc5oc6ccccc6c5c4)cc32)cc1. The minimum absolute atomic E-state index is 0.928. The van der Waals surface area contributed by atoms with Crippen molar-refractivity contribution in [3.05, 3.63) is 146 Å². The van der Waals surface area contributed by atoms with Crippen LogP contribution in [-0.4, -0.2) is 0 Å². The molecule has 0 amide bonds. The molecule has 8 rings (SSSR count). The van der Waals surface area contributed by atoms with Crippen LogP contribution in [0.2, 0.25) is 0 Å². The standard InChI is InChI=1S/C36H24OS/c1-3-11-27(12-4-1)38(28-13-5-2-6-14-28)35-18-10-8-16-30(35)31-21-19-26(24-36(31)38)25-20-22-34-32(23-25)29-15-7-9-17-33(29)37-34/h1-24H. The van der Waals surface area contributed by atoms with Crippen LogP contribution in [0.3, 0.4) is 0 Å². The first-order chi connectivity index (χ1) is 18.8. The third-order valence-electron chi connectivity index (χ3n) is 7.72. The van der Waals surface area contributed by atoms with Crippen LogP contribution in [0.5, 0.6) is 0 Å². The highest BCUT2D eigenvalue weighted by atomic mass is 32.3. The summed E-state index contributed by atoms with van der Waals surface area (Å²) >= 11 is 0. The highest BCUT2D eigenvalue weighted by Crippen LogP contribution is 2.80. The number of hydrogen-bond donors (Lipinski definition) is 0. The highest BCUT2D eigenvalue weighted by molar-refractivity contribution is 8.34. The summed E-state index contributed by atoms with van der Waals surface area (Å²) in [6.45, 7) is 0. The molecular weight excluding hydrogens is 480 g/mol. The van der Waals surface area contributed by atoms with Crippen molar-refractivity contribution >= 4 is 32.0 Å². The fourth-order valence-electron chi connectivity index (χ4n) is 6.05. The number of rotatable bonds is 3. The molecule has 2 heterocycles. The summed E-state index contributed by atoms with van der Waals surface area (Å²) in [5, 5.41) is 2.32. The Labute approximate surface area is 223 Å². The van der Waals surface area contributed by atoms with Crippen molar-refractivity contribution in [1.29, 1.82) is 0 Å². The Morgan fingerprint density at radius 2 is 0.974 bits per heavy atom. The van der Waals surface area contributed by atoms with Crippen molar-refractivity contribution in [2.75, 3.05) is 0 Å². The fraction of sp³-hybridized carbons (Fsp3) is 0. The number of benzene rings is 6. The largest absolute Gasteiger partial charge is 0.456 e. The smallest absolute Gasteiger partial charge is 0.135 e. The van der Waals surface area contributed by atoms with Gasteiger partial charge in [-0.15, -0.1) is 10.0 Å². The quantitative estimate of drug-likeness (QED) is 0.233. The van der Waals surface area contributed by atoms with E-state index in [0.29, 0.717) is 0 Å². The second kappa shape index (κ2) is 8.24. The molecule has 0 fully saturated rings. The first kappa shape index (κ1) is 21.5. The lowest BCUT2D eigenvalue weighted by atomic mass is 9.99. The van der Waals surface area contributed by atoms with Gasteiger partial charge in [0.2, 0.25) is 0 Å². The van der Waals surface area contributed by atoms with Crippen molar-refractivity contribution in [2.45, 2.75) is 19.6 Å². The Morgan fingerprint density at radius 3 is 1.76 bits per heavy atom. The van der Waals surface area contributed by atoms with Crippen molar-refractivity contribution in [2.24, 2.45) is 0 Å². The van der Waals surface area contributed by atoms with Crippen LogP contribution in [0, 0.1) is 0 Å². The van der Waals surface area contributed by atoms with Gasteiger partial charge in [-0.25, -0.2) is 0 Å². The van der Waals surface area contributed by atoms with E-state index in [0.717, 1.165) is 21.9 Å². The molecule has 1 aliphatic heterocycles. The molecule has 1 nitrogen and oxygen atoms in total. The van der Waals surface area contributed by atoms with Crippen LogP contribution < -0.4 is 0 Å². The number of fused-ring (bicyclic) bond motifs is 6. The molecule has 7 aromatic rings. The van der Waals surface area contributed by atoms with Crippen molar-refractivity contribution in [1.82, 2.24) is 0 Å². The maximum atomic E-state index is 6.11. The summed E-state index contributed by atoms with van der Waals surface area (Å²) in [6.07, 6.45) is 0. The van der Waals surface area contributed by atoms with E-state index in [1.807, 2.05) is 12.1 Å². The topological polar surface area (TPSA) is 13.1 Å². The molecule has 0 radical (unpaired) electrons. The average molecular weight is 505 g/mol. The molecule has 0 bridgehead atoms. The van der Waals surface area contributed by atoms with Crippen LogP contribution >= 0.6 is 10.0 Å². The van der Waals surface area contributed by atoms with Gasteiger partial charge < -0.3 is 4.42 Å².